The lowest BCUT2D eigenvalue weighted by Crippen LogP contribution is -2.49. The summed E-state index contributed by atoms with van der Waals surface area (Å²) in [7, 11) is 1.61. The molecular formula is C23H25N3O4S. The first-order chi connectivity index (χ1) is 15.1. The topological polar surface area (TPSA) is 87.7 Å². The second kappa shape index (κ2) is 9.43. The van der Waals surface area contributed by atoms with Crippen molar-refractivity contribution in [1.29, 1.82) is 0 Å². The molecule has 162 valence electrons. The minimum Gasteiger partial charge on any atom is -0.496 e. The van der Waals surface area contributed by atoms with Gasteiger partial charge in [-0.15, -0.1) is 11.8 Å². The van der Waals surface area contributed by atoms with Gasteiger partial charge in [-0.05, 0) is 31.0 Å². The number of likely N-dealkylation sites (tertiary alicyclic amines) is 1. The Bertz CT molecular complexity index is 988. The highest BCUT2D eigenvalue weighted by Gasteiger charge is 2.37. The van der Waals surface area contributed by atoms with Crippen LogP contribution in [0.25, 0.3) is 0 Å². The van der Waals surface area contributed by atoms with Crippen LogP contribution in [0.4, 0.5) is 5.69 Å². The third kappa shape index (κ3) is 4.69. The molecule has 3 amide bonds. The fourth-order valence-electron chi connectivity index (χ4n) is 3.92. The maximum atomic E-state index is 13.0. The molecule has 2 aromatic rings. The maximum absolute atomic E-state index is 13.0. The molecule has 1 atom stereocenters. The van der Waals surface area contributed by atoms with E-state index in [4.69, 9.17) is 4.74 Å². The van der Waals surface area contributed by atoms with Gasteiger partial charge in [0, 0.05) is 36.0 Å². The summed E-state index contributed by atoms with van der Waals surface area (Å²) in [5, 5.41) is 5.01. The fraction of sp³-hybridized carbons (Fsp3) is 0.348. The Balaban J connectivity index is 1.30. The minimum absolute atomic E-state index is 0.0169. The van der Waals surface area contributed by atoms with Crippen molar-refractivity contribution in [2.75, 3.05) is 25.5 Å². The van der Waals surface area contributed by atoms with E-state index in [9.17, 15) is 14.4 Å². The van der Waals surface area contributed by atoms with Crippen molar-refractivity contribution in [2.45, 2.75) is 29.5 Å². The van der Waals surface area contributed by atoms with E-state index >= 15 is 0 Å². The Morgan fingerprint density at radius 3 is 2.61 bits per heavy atom. The van der Waals surface area contributed by atoms with Crippen LogP contribution in [0.15, 0.2) is 53.4 Å². The van der Waals surface area contributed by atoms with Crippen LogP contribution in [0.1, 0.15) is 18.4 Å². The SMILES string of the molecule is COc1ccccc1CNC(=O)C1CCN(C(=O)[C@H]2Sc3ccccc3NC2=O)CC1. The first kappa shape index (κ1) is 21.2. The molecule has 2 N–H and O–H groups in total. The van der Waals surface area contributed by atoms with E-state index in [-0.39, 0.29) is 23.6 Å². The molecule has 2 aliphatic rings. The number of ether oxygens (including phenoxy) is 1. The predicted molar refractivity (Wildman–Crippen MR) is 119 cm³/mol. The number of hydrogen-bond acceptors (Lipinski definition) is 5. The lowest BCUT2D eigenvalue weighted by atomic mass is 9.95. The summed E-state index contributed by atoms with van der Waals surface area (Å²) in [6.07, 6.45) is 1.16. The van der Waals surface area contributed by atoms with E-state index < -0.39 is 5.25 Å². The number of piperidine rings is 1. The zero-order valence-corrected chi connectivity index (χ0v) is 18.1. The number of nitrogens with one attached hydrogen (secondary N) is 2. The summed E-state index contributed by atoms with van der Waals surface area (Å²) >= 11 is 1.29. The van der Waals surface area contributed by atoms with E-state index in [1.807, 2.05) is 48.5 Å². The van der Waals surface area contributed by atoms with Crippen LogP contribution in [0.3, 0.4) is 0 Å². The molecule has 0 bridgehead atoms. The highest BCUT2D eigenvalue weighted by molar-refractivity contribution is 8.01. The van der Waals surface area contributed by atoms with Gasteiger partial charge >= 0.3 is 0 Å². The maximum Gasteiger partial charge on any atom is 0.247 e. The van der Waals surface area contributed by atoms with Gasteiger partial charge < -0.3 is 20.3 Å². The van der Waals surface area contributed by atoms with Crippen molar-refractivity contribution in [3.8, 4) is 5.75 Å². The number of carbonyl (C=O) groups excluding carboxylic acids is 3. The molecule has 2 aliphatic heterocycles. The molecule has 2 heterocycles. The van der Waals surface area contributed by atoms with Crippen LogP contribution in [0.2, 0.25) is 0 Å². The van der Waals surface area contributed by atoms with E-state index in [1.165, 1.54) is 11.8 Å². The molecule has 31 heavy (non-hydrogen) atoms. The molecule has 0 unspecified atom stereocenters. The second-order valence-corrected chi connectivity index (χ2v) is 8.76. The zero-order valence-electron chi connectivity index (χ0n) is 17.3. The third-order valence-corrected chi connectivity index (χ3v) is 6.94. The average Bonchev–Trinajstić information content (AvgIpc) is 2.82. The number of hydrogen-bond donors (Lipinski definition) is 2. The first-order valence-electron chi connectivity index (χ1n) is 10.3. The van der Waals surface area contributed by atoms with Gasteiger partial charge in [0.1, 0.15) is 5.75 Å². The number of methoxy groups -OCH3 is 1. The van der Waals surface area contributed by atoms with Crippen molar-refractivity contribution >= 4 is 35.2 Å². The number of nitrogens with zero attached hydrogens (tertiary/aromatic N) is 1. The summed E-state index contributed by atoms with van der Waals surface area (Å²) in [5.41, 5.74) is 1.67. The van der Waals surface area contributed by atoms with Gasteiger partial charge in [0.15, 0.2) is 5.25 Å². The average molecular weight is 440 g/mol. The second-order valence-electron chi connectivity index (χ2n) is 7.61. The standard InChI is InChI=1S/C23H25N3O4S/c1-30-18-8-4-2-6-16(18)14-24-21(27)15-10-12-26(13-11-15)23(29)20-22(28)25-17-7-3-5-9-19(17)31-20/h2-9,15,20H,10-14H2,1H3,(H,24,27)(H,25,28)/t20-/m0/s1. The number of rotatable bonds is 5. The number of anilines is 1. The molecule has 1 saturated heterocycles. The molecule has 8 heteroatoms. The van der Waals surface area contributed by atoms with E-state index in [2.05, 4.69) is 10.6 Å². The summed E-state index contributed by atoms with van der Waals surface area (Å²) < 4.78 is 5.32. The highest BCUT2D eigenvalue weighted by Crippen LogP contribution is 2.36. The molecule has 0 saturated carbocycles. The molecule has 7 nitrogen and oxygen atoms in total. The van der Waals surface area contributed by atoms with Gasteiger partial charge in [0.25, 0.3) is 0 Å². The Morgan fingerprint density at radius 1 is 1.13 bits per heavy atom. The zero-order chi connectivity index (χ0) is 21.8. The van der Waals surface area contributed by atoms with Crippen LogP contribution in [-0.4, -0.2) is 48.1 Å². The van der Waals surface area contributed by atoms with Crippen LogP contribution >= 0.6 is 11.8 Å². The summed E-state index contributed by atoms with van der Waals surface area (Å²) in [6, 6.07) is 15.1. The molecule has 0 aromatic heterocycles. The van der Waals surface area contributed by atoms with Gasteiger partial charge in [-0.2, -0.15) is 0 Å². The summed E-state index contributed by atoms with van der Waals surface area (Å²) in [4.78, 5) is 40.6. The number of amides is 3. The largest absolute Gasteiger partial charge is 0.496 e. The van der Waals surface area contributed by atoms with Crippen LogP contribution in [0, 0.1) is 5.92 Å². The molecule has 2 aromatic carbocycles. The van der Waals surface area contributed by atoms with Gasteiger partial charge in [0.2, 0.25) is 17.7 Å². The van der Waals surface area contributed by atoms with Crippen LogP contribution < -0.4 is 15.4 Å². The number of thioether (sulfide) groups is 1. The number of fused-ring (bicyclic) bond motifs is 1. The highest BCUT2D eigenvalue weighted by atomic mass is 32.2. The Labute approximate surface area is 185 Å². The molecule has 0 spiro atoms. The summed E-state index contributed by atoms with van der Waals surface area (Å²) in [5.74, 6) is 0.104. The smallest absolute Gasteiger partial charge is 0.247 e. The quantitative estimate of drug-likeness (QED) is 0.700. The molecule has 0 aliphatic carbocycles. The van der Waals surface area contributed by atoms with Crippen molar-refractivity contribution < 1.29 is 19.1 Å². The Hall–Kier alpha value is -3.00. The Morgan fingerprint density at radius 2 is 1.84 bits per heavy atom. The number of para-hydroxylation sites is 2. The summed E-state index contributed by atoms with van der Waals surface area (Å²) in [6.45, 7) is 1.34. The van der Waals surface area contributed by atoms with Crippen LogP contribution in [-0.2, 0) is 20.9 Å². The van der Waals surface area contributed by atoms with Crippen molar-refractivity contribution in [1.82, 2.24) is 10.2 Å². The van der Waals surface area contributed by atoms with Crippen molar-refractivity contribution in [3.05, 3.63) is 54.1 Å². The van der Waals surface area contributed by atoms with Crippen molar-refractivity contribution in [2.24, 2.45) is 5.92 Å². The predicted octanol–water partition coefficient (Wildman–Crippen LogP) is 2.66. The monoisotopic (exact) mass is 439 g/mol. The van der Waals surface area contributed by atoms with Gasteiger partial charge in [-0.1, -0.05) is 30.3 Å². The minimum atomic E-state index is -0.786. The molecular weight excluding hydrogens is 414 g/mol. The molecule has 0 radical (unpaired) electrons. The van der Waals surface area contributed by atoms with E-state index in [0.717, 1.165) is 21.9 Å². The lowest BCUT2D eigenvalue weighted by molar-refractivity contribution is -0.137. The molecule has 1 fully saturated rings. The van der Waals surface area contributed by atoms with Gasteiger partial charge in [-0.3, -0.25) is 14.4 Å². The number of benzene rings is 2. The normalized spacial score (nSPS) is 18.7. The van der Waals surface area contributed by atoms with Crippen LogP contribution in [0.5, 0.6) is 5.75 Å². The van der Waals surface area contributed by atoms with E-state index in [1.54, 1.807) is 12.0 Å². The lowest BCUT2D eigenvalue weighted by Gasteiger charge is -2.34. The van der Waals surface area contributed by atoms with Crippen molar-refractivity contribution in [3.63, 3.8) is 0 Å². The van der Waals surface area contributed by atoms with Gasteiger partial charge in [0.05, 0.1) is 12.8 Å². The number of carbonyl (C=O) groups is 3. The third-order valence-electron chi connectivity index (χ3n) is 5.68. The van der Waals surface area contributed by atoms with Gasteiger partial charge in [-0.25, -0.2) is 0 Å². The molecule has 4 rings (SSSR count). The Kier molecular flexibility index (Phi) is 6.46. The van der Waals surface area contributed by atoms with E-state index in [0.29, 0.717) is 32.5 Å². The first-order valence-corrected chi connectivity index (χ1v) is 11.2. The fourth-order valence-corrected chi connectivity index (χ4v) is 4.99.